The maximum Gasteiger partial charge on any atom is 0.260 e. The van der Waals surface area contributed by atoms with Crippen LogP contribution < -0.4 is 10.9 Å². The number of aromatic nitrogens is 2. The molecule has 2 N–H and O–H groups in total. The van der Waals surface area contributed by atoms with Crippen LogP contribution in [0.15, 0.2) is 32.8 Å². The lowest BCUT2D eigenvalue weighted by Crippen LogP contribution is -2.31. The van der Waals surface area contributed by atoms with Gasteiger partial charge in [-0.3, -0.25) is 9.59 Å². The van der Waals surface area contributed by atoms with Crippen LogP contribution >= 0.6 is 34.4 Å². The fourth-order valence-corrected chi connectivity index (χ4v) is 4.85. The van der Waals surface area contributed by atoms with Crippen molar-refractivity contribution in [3.05, 3.63) is 33.2 Å². The largest absolute Gasteiger partial charge is 0.355 e. The SMILES string of the molecule is CCCNC(=O)[C@@H](C)Sc1nc2scc(-c3cccs3)c2c(=O)[nH]1. The van der Waals surface area contributed by atoms with E-state index in [2.05, 4.69) is 15.3 Å². The Kier molecular flexibility index (Phi) is 5.37. The zero-order chi connectivity index (χ0) is 17.1. The van der Waals surface area contributed by atoms with Crippen molar-refractivity contribution in [1.82, 2.24) is 15.3 Å². The molecule has 3 aromatic heterocycles. The smallest absolute Gasteiger partial charge is 0.260 e. The van der Waals surface area contributed by atoms with Gasteiger partial charge in [0.2, 0.25) is 5.91 Å². The average molecular weight is 380 g/mol. The number of nitrogens with one attached hydrogen (secondary N) is 2. The number of nitrogens with zero attached hydrogens (tertiary/aromatic N) is 1. The summed E-state index contributed by atoms with van der Waals surface area (Å²) in [6.45, 7) is 4.47. The first-order valence-electron chi connectivity index (χ1n) is 7.60. The second-order valence-electron chi connectivity index (χ2n) is 5.23. The number of hydrogen-bond acceptors (Lipinski definition) is 6. The van der Waals surface area contributed by atoms with E-state index in [4.69, 9.17) is 0 Å². The van der Waals surface area contributed by atoms with Crippen molar-refractivity contribution in [2.75, 3.05) is 6.54 Å². The highest BCUT2D eigenvalue weighted by molar-refractivity contribution is 8.00. The van der Waals surface area contributed by atoms with Gasteiger partial charge in [0.15, 0.2) is 5.16 Å². The van der Waals surface area contributed by atoms with E-state index in [0.29, 0.717) is 21.9 Å². The van der Waals surface area contributed by atoms with Crippen molar-refractivity contribution in [1.29, 1.82) is 0 Å². The van der Waals surface area contributed by atoms with Gasteiger partial charge in [-0.1, -0.05) is 24.8 Å². The molecule has 3 aromatic rings. The van der Waals surface area contributed by atoms with E-state index in [1.54, 1.807) is 11.3 Å². The Bertz CT molecular complexity index is 899. The number of thiophene rings is 2. The van der Waals surface area contributed by atoms with Gasteiger partial charge in [-0.25, -0.2) is 4.98 Å². The van der Waals surface area contributed by atoms with E-state index >= 15 is 0 Å². The van der Waals surface area contributed by atoms with Gasteiger partial charge in [-0.2, -0.15) is 0 Å². The number of H-pyrrole nitrogens is 1. The first kappa shape index (κ1) is 17.2. The monoisotopic (exact) mass is 379 g/mol. The average Bonchev–Trinajstić information content (AvgIpc) is 3.21. The van der Waals surface area contributed by atoms with Crippen LogP contribution in [0.2, 0.25) is 0 Å². The van der Waals surface area contributed by atoms with Crippen LogP contribution in [-0.4, -0.2) is 27.7 Å². The molecule has 0 fully saturated rings. The van der Waals surface area contributed by atoms with E-state index in [0.717, 1.165) is 16.9 Å². The van der Waals surface area contributed by atoms with Crippen LogP contribution in [0.25, 0.3) is 20.7 Å². The minimum absolute atomic E-state index is 0.0462. The lowest BCUT2D eigenvalue weighted by atomic mass is 10.2. The molecule has 8 heteroatoms. The Balaban J connectivity index is 1.87. The third kappa shape index (κ3) is 3.55. The van der Waals surface area contributed by atoms with Crippen molar-refractivity contribution in [2.24, 2.45) is 0 Å². The van der Waals surface area contributed by atoms with Gasteiger partial charge in [0, 0.05) is 22.4 Å². The van der Waals surface area contributed by atoms with Crippen molar-refractivity contribution < 1.29 is 4.79 Å². The normalized spacial score (nSPS) is 12.4. The zero-order valence-electron chi connectivity index (χ0n) is 13.3. The van der Waals surface area contributed by atoms with Gasteiger partial charge in [0.05, 0.1) is 10.6 Å². The zero-order valence-corrected chi connectivity index (χ0v) is 15.7. The highest BCUT2D eigenvalue weighted by Crippen LogP contribution is 2.34. The molecule has 0 unspecified atom stereocenters. The predicted molar refractivity (Wildman–Crippen MR) is 102 cm³/mol. The number of fused-ring (bicyclic) bond motifs is 1. The number of amides is 1. The molecular formula is C16H17N3O2S3. The van der Waals surface area contributed by atoms with Gasteiger partial charge in [0.25, 0.3) is 5.56 Å². The lowest BCUT2D eigenvalue weighted by molar-refractivity contribution is -0.120. The van der Waals surface area contributed by atoms with E-state index < -0.39 is 0 Å². The molecule has 0 spiro atoms. The standard InChI is InChI=1S/C16H17N3O2S3/c1-3-6-17-13(20)9(2)24-16-18-14(21)12-10(8-23-15(12)19-16)11-5-4-7-22-11/h4-5,7-9H,3,6H2,1-2H3,(H,17,20)(H,18,19,21)/t9-/m1/s1. The molecule has 0 saturated carbocycles. The van der Waals surface area contributed by atoms with Crippen molar-refractivity contribution in [3.8, 4) is 10.4 Å². The second kappa shape index (κ2) is 7.50. The molecule has 5 nitrogen and oxygen atoms in total. The van der Waals surface area contributed by atoms with Gasteiger partial charge >= 0.3 is 0 Å². The molecule has 1 amide bonds. The first-order chi connectivity index (χ1) is 11.6. The molecule has 24 heavy (non-hydrogen) atoms. The van der Waals surface area contributed by atoms with E-state index in [-0.39, 0.29) is 16.7 Å². The summed E-state index contributed by atoms with van der Waals surface area (Å²) in [4.78, 5) is 33.6. The third-order valence-corrected chi connectivity index (χ3v) is 6.18. The lowest BCUT2D eigenvalue weighted by Gasteiger charge is -2.10. The van der Waals surface area contributed by atoms with E-state index in [1.807, 2.05) is 36.7 Å². The summed E-state index contributed by atoms with van der Waals surface area (Å²) < 4.78 is 0. The Labute approximate surface area is 151 Å². The minimum Gasteiger partial charge on any atom is -0.355 e. The molecule has 126 valence electrons. The maximum absolute atomic E-state index is 12.5. The van der Waals surface area contributed by atoms with Crippen LogP contribution in [0, 0.1) is 0 Å². The topological polar surface area (TPSA) is 74.8 Å². The summed E-state index contributed by atoms with van der Waals surface area (Å²) in [5, 5.41) is 7.59. The third-order valence-electron chi connectivity index (χ3n) is 3.42. The minimum atomic E-state index is -0.311. The number of hydrogen-bond donors (Lipinski definition) is 2. The van der Waals surface area contributed by atoms with Gasteiger partial charge < -0.3 is 10.3 Å². The molecule has 0 aliphatic heterocycles. The van der Waals surface area contributed by atoms with Crippen molar-refractivity contribution in [2.45, 2.75) is 30.7 Å². The van der Waals surface area contributed by atoms with Crippen LogP contribution in [0.5, 0.6) is 0 Å². The summed E-state index contributed by atoms with van der Waals surface area (Å²) in [6.07, 6.45) is 0.894. The molecule has 0 radical (unpaired) electrons. The Morgan fingerprint density at radius 2 is 2.29 bits per heavy atom. The molecular weight excluding hydrogens is 362 g/mol. The number of thioether (sulfide) groups is 1. The molecule has 3 rings (SSSR count). The molecule has 0 aliphatic rings. The number of carbonyl (C=O) groups is 1. The summed E-state index contributed by atoms with van der Waals surface area (Å²) in [5.41, 5.74) is 0.761. The fraction of sp³-hybridized carbons (Fsp3) is 0.312. The molecule has 0 saturated heterocycles. The number of carbonyl (C=O) groups excluding carboxylic acids is 1. The molecule has 0 aromatic carbocycles. The second-order valence-corrected chi connectivity index (χ2v) is 8.36. The van der Waals surface area contributed by atoms with Crippen molar-refractivity contribution >= 4 is 50.6 Å². The Morgan fingerprint density at radius 1 is 1.46 bits per heavy atom. The number of aromatic amines is 1. The van der Waals surface area contributed by atoms with Crippen molar-refractivity contribution in [3.63, 3.8) is 0 Å². The number of rotatable bonds is 6. The van der Waals surface area contributed by atoms with Gasteiger partial charge in [-0.05, 0) is 24.8 Å². The Morgan fingerprint density at radius 3 is 3.00 bits per heavy atom. The molecule has 0 bridgehead atoms. The molecule has 1 atom stereocenters. The van der Waals surface area contributed by atoms with Gasteiger partial charge in [-0.15, -0.1) is 22.7 Å². The van der Waals surface area contributed by atoms with Gasteiger partial charge in [0.1, 0.15) is 4.83 Å². The summed E-state index contributed by atoms with van der Waals surface area (Å²) in [7, 11) is 0. The van der Waals surface area contributed by atoms with E-state index in [9.17, 15) is 9.59 Å². The van der Waals surface area contributed by atoms with E-state index in [1.165, 1.54) is 23.1 Å². The van der Waals surface area contributed by atoms with Crippen LogP contribution in [0.3, 0.4) is 0 Å². The summed E-state index contributed by atoms with van der Waals surface area (Å²) in [6, 6.07) is 3.96. The summed E-state index contributed by atoms with van der Waals surface area (Å²) in [5.74, 6) is -0.0462. The van der Waals surface area contributed by atoms with Crippen LogP contribution in [0.1, 0.15) is 20.3 Å². The van der Waals surface area contributed by atoms with Crippen LogP contribution in [0.4, 0.5) is 0 Å². The first-order valence-corrected chi connectivity index (χ1v) is 10.2. The predicted octanol–water partition coefficient (Wildman–Crippen LogP) is 3.72. The highest BCUT2D eigenvalue weighted by atomic mass is 32.2. The Hall–Kier alpha value is -1.64. The molecule has 3 heterocycles. The summed E-state index contributed by atoms with van der Waals surface area (Å²) >= 11 is 4.32. The maximum atomic E-state index is 12.5. The quantitative estimate of drug-likeness (QED) is 0.506. The van der Waals surface area contributed by atoms with Crippen LogP contribution in [-0.2, 0) is 4.79 Å². The highest BCUT2D eigenvalue weighted by Gasteiger charge is 2.18. The molecule has 0 aliphatic carbocycles. The fourth-order valence-electron chi connectivity index (χ4n) is 2.21.